The lowest BCUT2D eigenvalue weighted by molar-refractivity contribution is 0.979. The molecule has 0 aliphatic heterocycles. The van der Waals surface area contributed by atoms with Gasteiger partial charge >= 0.3 is 0 Å². The molecule has 580 valence electrons. The predicted molar refractivity (Wildman–Crippen MR) is 514 cm³/mol. The predicted octanol–water partition coefficient (Wildman–Crippen LogP) is 29.4. The molecule has 24 aromatic rings. The maximum Gasteiger partial charge on any atom is 0.164 e. The molecule has 0 amide bonds. The maximum atomic E-state index is 5.48. The van der Waals surface area contributed by atoms with E-state index in [0.29, 0.717) is 34.9 Å². The van der Waals surface area contributed by atoms with Crippen molar-refractivity contribution >= 4 is 95.6 Å². The lowest BCUT2D eigenvalue weighted by Crippen LogP contribution is -2.00. The highest BCUT2D eigenvalue weighted by atomic mass is 32.1. The summed E-state index contributed by atoms with van der Waals surface area (Å²) in [7, 11) is 0. The zero-order chi connectivity index (χ0) is 82.0. The normalized spacial score (nSPS) is 11.5. The largest absolute Gasteiger partial charge is 0.231 e. The van der Waals surface area contributed by atoms with Gasteiger partial charge in [0.2, 0.25) is 0 Å². The first-order valence-corrected chi connectivity index (χ1v) is 43.1. The minimum Gasteiger partial charge on any atom is -0.231 e. The van der Waals surface area contributed by atoms with Crippen molar-refractivity contribution < 1.29 is 0 Å². The number of fused-ring (bicyclic) bond motifs is 12. The summed E-state index contributed by atoms with van der Waals surface area (Å²) in [5.41, 5.74) is 24.4. The lowest BCUT2D eigenvalue weighted by atomic mass is 9.96. The number of hydrogen-bond donors (Lipinski definition) is 0. The van der Waals surface area contributed by atoms with E-state index >= 15 is 0 Å². The first kappa shape index (κ1) is 73.1. The molecule has 10 nitrogen and oxygen atoms in total. The van der Waals surface area contributed by atoms with Gasteiger partial charge in [0.05, 0.1) is 22.4 Å². The van der Waals surface area contributed by atoms with Crippen LogP contribution in [0, 0.1) is 0 Å². The molecule has 0 saturated carbocycles. The Balaban J connectivity index is 0.000000143. The van der Waals surface area contributed by atoms with Gasteiger partial charge in [0.25, 0.3) is 0 Å². The Bertz CT molecular complexity index is 8220. The van der Waals surface area contributed by atoms with Gasteiger partial charge in [-0.2, -0.15) is 10.2 Å². The molecule has 0 bridgehead atoms. The molecular formula is C112H70N10S2. The standard InChI is InChI=1S/2C56H35N5S/c1-4-16-36(17-5-1)48-34-41-22-10-11-27-45(41)53-51(37-18-6-2-7-19-37)52(60-61(48)53)42-24-15-26-44(33-42)56-58-54(38-20-8-3-9-21-38)57-55(59-56)43-25-14-23-39(32-43)40-30-31-47-46-28-12-13-29-49(46)62-50(47)35-40;1-4-15-37(16-5-1)48-34-42-21-10-11-24-45(42)53-51(38-17-6-2-7-18-38)52(60-61(48)53)43-22-14-23-44(33-43)56-58-54(39-19-8-3-9-20-39)57-55(59-56)40-29-27-36(28-30-40)41-31-32-47-46-25-12-13-26-49(46)62-50(47)35-41/h2*1-35H. The second-order valence-electron chi connectivity index (χ2n) is 30.9. The van der Waals surface area contributed by atoms with Gasteiger partial charge in [-0.1, -0.05) is 370 Å². The van der Waals surface area contributed by atoms with Crippen molar-refractivity contribution in [2.75, 3.05) is 0 Å². The minimum absolute atomic E-state index is 0.591. The van der Waals surface area contributed by atoms with E-state index in [-0.39, 0.29) is 0 Å². The first-order valence-electron chi connectivity index (χ1n) is 41.4. The number of nitrogens with zero attached hydrogens (tertiary/aromatic N) is 10. The summed E-state index contributed by atoms with van der Waals surface area (Å²) in [5.74, 6) is 3.64. The monoisotopic (exact) mass is 1620 g/mol. The van der Waals surface area contributed by atoms with Crippen LogP contribution < -0.4 is 0 Å². The van der Waals surface area contributed by atoms with Gasteiger partial charge in [0.1, 0.15) is 11.4 Å². The zero-order valence-corrected chi connectivity index (χ0v) is 68.3. The van der Waals surface area contributed by atoms with Crippen LogP contribution in [0.25, 0.3) is 231 Å². The van der Waals surface area contributed by atoms with Crippen LogP contribution in [0.5, 0.6) is 0 Å². The number of hydrogen-bond acceptors (Lipinski definition) is 10. The summed E-state index contributed by atoms with van der Waals surface area (Å²) >= 11 is 3.67. The number of pyridine rings is 2. The molecule has 8 aromatic heterocycles. The Morgan fingerprint density at radius 3 is 0.839 bits per heavy atom. The van der Waals surface area contributed by atoms with Crippen molar-refractivity contribution in [3.63, 3.8) is 0 Å². The van der Waals surface area contributed by atoms with E-state index in [4.69, 9.17) is 40.1 Å². The van der Waals surface area contributed by atoms with E-state index in [1.807, 2.05) is 83.3 Å². The van der Waals surface area contributed by atoms with Crippen molar-refractivity contribution in [2.24, 2.45) is 0 Å². The molecule has 0 aliphatic carbocycles. The fourth-order valence-electron chi connectivity index (χ4n) is 17.3. The summed E-state index contributed by atoms with van der Waals surface area (Å²) in [5, 5.41) is 20.7. The molecule has 16 aromatic carbocycles. The summed E-state index contributed by atoms with van der Waals surface area (Å²) in [6, 6.07) is 149. The second-order valence-corrected chi connectivity index (χ2v) is 33.1. The van der Waals surface area contributed by atoms with Crippen LogP contribution in [-0.4, -0.2) is 49.1 Å². The molecule has 0 aliphatic rings. The second kappa shape index (κ2) is 31.2. The first-order chi connectivity index (χ1) is 61.4. The third-order valence-electron chi connectivity index (χ3n) is 23.3. The number of benzene rings is 16. The molecular weight excluding hydrogens is 1550 g/mol. The summed E-state index contributed by atoms with van der Waals surface area (Å²) in [4.78, 5) is 30.8. The Kier molecular flexibility index (Phi) is 18.4. The van der Waals surface area contributed by atoms with Crippen molar-refractivity contribution in [3.05, 3.63) is 425 Å². The highest BCUT2D eigenvalue weighted by molar-refractivity contribution is 7.26. The van der Waals surface area contributed by atoms with Crippen LogP contribution in [0.15, 0.2) is 425 Å². The van der Waals surface area contributed by atoms with Crippen LogP contribution in [0.4, 0.5) is 0 Å². The fourth-order valence-corrected chi connectivity index (χ4v) is 19.6. The van der Waals surface area contributed by atoms with Crippen molar-refractivity contribution in [2.45, 2.75) is 0 Å². The van der Waals surface area contributed by atoms with Crippen LogP contribution >= 0.6 is 22.7 Å². The quantitative estimate of drug-likeness (QED) is 0.106. The summed E-state index contributed by atoms with van der Waals surface area (Å²) in [6.45, 7) is 0. The molecule has 0 spiro atoms. The molecule has 124 heavy (non-hydrogen) atoms. The van der Waals surface area contributed by atoms with Gasteiger partial charge in [-0.15, -0.1) is 22.7 Å². The molecule has 8 heterocycles. The SMILES string of the molecule is c1ccc(-c2nc(-c3ccc(-c4ccc5c(c4)sc4ccccc45)cc3)nc(-c3cccc(-c4nn5c(-c6ccccc6)cc6ccccc6c5c4-c4ccccc4)c3)n2)cc1.c1ccc(-c2nc(-c3cccc(-c4ccc5c(c4)sc4ccccc45)c3)nc(-c3cccc(-c4nn5c(-c6ccccc6)cc6ccccc6c5c4-c4ccccc4)c3)n2)cc1. The van der Waals surface area contributed by atoms with E-state index < -0.39 is 0 Å². The fraction of sp³-hybridized carbons (Fsp3) is 0. The van der Waals surface area contributed by atoms with E-state index in [1.165, 1.54) is 45.9 Å². The number of rotatable bonds is 14. The average molecular weight is 1620 g/mol. The smallest absolute Gasteiger partial charge is 0.164 e. The van der Waals surface area contributed by atoms with Crippen LogP contribution in [-0.2, 0) is 0 Å². The molecule has 0 unspecified atom stereocenters. The molecule has 0 N–H and O–H groups in total. The summed E-state index contributed by atoms with van der Waals surface area (Å²) in [6.07, 6.45) is 0. The summed E-state index contributed by atoms with van der Waals surface area (Å²) < 4.78 is 9.42. The Morgan fingerprint density at radius 2 is 0.435 bits per heavy atom. The third kappa shape index (κ3) is 13.5. The van der Waals surface area contributed by atoms with E-state index in [1.54, 1.807) is 0 Å². The van der Waals surface area contributed by atoms with Crippen LogP contribution in [0.1, 0.15) is 0 Å². The van der Waals surface area contributed by atoms with Crippen LogP contribution in [0.2, 0.25) is 0 Å². The Labute approximate surface area is 722 Å². The number of aromatic nitrogens is 10. The van der Waals surface area contributed by atoms with Crippen LogP contribution in [0.3, 0.4) is 0 Å². The minimum atomic E-state index is 0.591. The van der Waals surface area contributed by atoms with E-state index in [9.17, 15) is 0 Å². The van der Waals surface area contributed by atoms with Gasteiger partial charge in [-0.25, -0.2) is 38.9 Å². The molecule has 0 atom stereocenters. The van der Waals surface area contributed by atoms with Crippen molar-refractivity contribution in [3.8, 4) is 158 Å². The van der Waals surface area contributed by atoms with Gasteiger partial charge in [0, 0.05) is 118 Å². The van der Waals surface area contributed by atoms with Gasteiger partial charge in [-0.05, 0) is 98.8 Å². The van der Waals surface area contributed by atoms with Gasteiger partial charge in [-0.3, -0.25) is 0 Å². The molecule has 24 rings (SSSR count). The van der Waals surface area contributed by atoms with Gasteiger partial charge in [0.15, 0.2) is 34.9 Å². The van der Waals surface area contributed by atoms with Gasteiger partial charge < -0.3 is 0 Å². The Hall–Kier alpha value is -16.1. The molecule has 12 heteroatoms. The topological polar surface area (TPSA) is 112 Å². The third-order valence-corrected chi connectivity index (χ3v) is 25.6. The maximum absolute atomic E-state index is 5.48. The highest BCUT2D eigenvalue weighted by Crippen LogP contribution is 2.46. The van der Waals surface area contributed by atoms with Crippen molar-refractivity contribution in [1.29, 1.82) is 0 Å². The lowest BCUT2D eigenvalue weighted by Gasteiger charge is -2.11. The molecule has 0 radical (unpaired) electrons. The van der Waals surface area contributed by atoms with Crippen molar-refractivity contribution in [1.82, 2.24) is 49.1 Å². The zero-order valence-electron chi connectivity index (χ0n) is 66.7. The Morgan fingerprint density at radius 1 is 0.169 bits per heavy atom. The number of thiophene rings is 2. The average Bonchev–Trinajstić information content (AvgIpc) is 1.56. The van der Waals surface area contributed by atoms with E-state index in [0.717, 1.165) is 150 Å². The molecule has 0 saturated heterocycles. The highest BCUT2D eigenvalue weighted by Gasteiger charge is 2.26. The molecule has 0 fully saturated rings. The van der Waals surface area contributed by atoms with E-state index in [2.05, 4.69) is 373 Å².